The lowest BCUT2D eigenvalue weighted by Gasteiger charge is -2.20. The molecule has 0 N–H and O–H groups in total. The fraction of sp³-hybridized carbons (Fsp3) is 0.0476. The van der Waals surface area contributed by atoms with Gasteiger partial charge in [0.05, 0.1) is 22.9 Å². The Morgan fingerprint density at radius 3 is 2.21 bits per heavy atom. The highest BCUT2D eigenvalue weighted by molar-refractivity contribution is 7.92. The summed E-state index contributed by atoms with van der Waals surface area (Å²) >= 11 is 0. The zero-order chi connectivity index (χ0) is 21.0. The summed E-state index contributed by atoms with van der Waals surface area (Å²) in [4.78, 5) is 11.7. The van der Waals surface area contributed by atoms with Gasteiger partial charge in [-0.15, -0.1) is 0 Å². The number of rotatable bonds is 5. The molecule has 146 valence electrons. The van der Waals surface area contributed by atoms with E-state index in [1.54, 1.807) is 0 Å². The lowest BCUT2D eigenvalue weighted by molar-refractivity contribution is 0.0734. The molecular weight excluding hydrogens is 395 g/mol. The quantitative estimate of drug-likeness (QED) is 0.472. The Balaban J connectivity index is 1.76. The molecule has 3 rings (SSSR count). The molecule has 0 atom stereocenters. The van der Waals surface area contributed by atoms with Crippen LogP contribution in [0.5, 0.6) is 5.75 Å². The van der Waals surface area contributed by atoms with Crippen LogP contribution in [0.4, 0.5) is 10.1 Å². The second-order valence-corrected chi connectivity index (χ2v) is 7.91. The third-order valence-corrected chi connectivity index (χ3v) is 5.95. The monoisotopic (exact) mass is 410 g/mol. The number of carbonyl (C=O) groups is 1. The first kappa shape index (κ1) is 20.0. The van der Waals surface area contributed by atoms with E-state index in [-0.39, 0.29) is 17.0 Å². The summed E-state index contributed by atoms with van der Waals surface area (Å²) in [6.45, 7) is 0. The van der Waals surface area contributed by atoms with Crippen molar-refractivity contribution in [2.24, 2.45) is 0 Å². The maximum Gasteiger partial charge on any atom is 0.343 e. The van der Waals surface area contributed by atoms with E-state index < -0.39 is 26.7 Å². The average molecular weight is 410 g/mol. The molecule has 0 aliphatic carbocycles. The first-order valence-corrected chi connectivity index (χ1v) is 9.83. The van der Waals surface area contributed by atoms with Crippen molar-refractivity contribution in [2.45, 2.75) is 4.90 Å². The summed E-state index contributed by atoms with van der Waals surface area (Å²) < 4.78 is 45.3. The first-order valence-electron chi connectivity index (χ1n) is 8.39. The van der Waals surface area contributed by atoms with E-state index in [1.165, 1.54) is 73.8 Å². The zero-order valence-corrected chi connectivity index (χ0v) is 16.1. The van der Waals surface area contributed by atoms with Gasteiger partial charge in [-0.2, -0.15) is 5.26 Å². The molecule has 6 nitrogen and oxygen atoms in total. The number of carbonyl (C=O) groups excluding carboxylic acids is 1. The van der Waals surface area contributed by atoms with E-state index in [0.29, 0.717) is 5.56 Å². The van der Waals surface area contributed by atoms with Crippen LogP contribution in [0.1, 0.15) is 15.9 Å². The van der Waals surface area contributed by atoms with Crippen LogP contribution in [0.25, 0.3) is 0 Å². The maximum atomic E-state index is 13.9. The number of benzene rings is 3. The molecule has 0 aliphatic heterocycles. The number of anilines is 1. The number of sulfonamides is 1. The van der Waals surface area contributed by atoms with Crippen molar-refractivity contribution in [1.29, 1.82) is 5.26 Å². The number of halogens is 1. The molecule has 3 aromatic rings. The predicted molar refractivity (Wildman–Crippen MR) is 105 cm³/mol. The minimum absolute atomic E-state index is 0.208. The van der Waals surface area contributed by atoms with Crippen molar-refractivity contribution in [2.75, 3.05) is 11.4 Å². The van der Waals surface area contributed by atoms with Crippen LogP contribution >= 0.6 is 0 Å². The van der Waals surface area contributed by atoms with E-state index >= 15 is 0 Å². The van der Waals surface area contributed by atoms with Gasteiger partial charge < -0.3 is 4.74 Å². The fourth-order valence-corrected chi connectivity index (χ4v) is 3.77. The van der Waals surface area contributed by atoms with Crippen molar-refractivity contribution in [3.63, 3.8) is 0 Å². The van der Waals surface area contributed by atoms with Crippen molar-refractivity contribution >= 4 is 21.7 Å². The number of nitrogens with zero attached hydrogens (tertiary/aromatic N) is 2. The molecule has 0 bridgehead atoms. The van der Waals surface area contributed by atoms with E-state index in [9.17, 15) is 17.6 Å². The van der Waals surface area contributed by atoms with Gasteiger partial charge in [-0.05, 0) is 60.7 Å². The number of ether oxygens (including phenoxy) is 1. The molecule has 0 fully saturated rings. The molecule has 0 spiro atoms. The molecule has 0 unspecified atom stereocenters. The van der Waals surface area contributed by atoms with Crippen LogP contribution in [-0.2, 0) is 10.0 Å². The molecule has 0 radical (unpaired) electrons. The van der Waals surface area contributed by atoms with E-state index in [0.717, 1.165) is 10.4 Å². The Hall–Kier alpha value is -3.70. The lowest BCUT2D eigenvalue weighted by atomic mass is 10.1. The number of nitriles is 1. The van der Waals surface area contributed by atoms with Gasteiger partial charge in [-0.25, -0.2) is 17.6 Å². The Kier molecular flexibility index (Phi) is 5.61. The summed E-state index contributed by atoms with van der Waals surface area (Å²) in [6.07, 6.45) is 0. The summed E-state index contributed by atoms with van der Waals surface area (Å²) in [5.74, 6) is -1.25. The minimum atomic E-state index is -4.08. The second-order valence-electron chi connectivity index (χ2n) is 5.98. The normalized spacial score (nSPS) is 10.8. The largest absolute Gasteiger partial charge is 0.423 e. The Bertz CT molecular complexity index is 1180. The van der Waals surface area contributed by atoms with Crippen molar-refractivity contribution in [3.8, 4) is 11.8 Å². The maximum absolute atomic E-state index is 13.9. The molecule has 3 aromatic carbocycles. The summed E-state index contributed by atoms with van der Waals surface area (Å²) in [5, 5.41) is 8.78. The van der Waals surface area contributed by atoms with Crippen molar-refractivity contribution < 1.29 is 22.3 Å². The van der Waals surface area contributed by atoms with Crippen LogP contribution in [0, 0.1) is 17.1 Å². The number of hydrogen-bond acceptors (Lipinski definition) is 5. The second kappa shape index (κ2) is 8.12. The van der Waals surface area contributed by atoms with E-state index in [4.69, 9.17) is 10.00 Å². The molecule has 29 heavy (non-hydrogen) atoms. The molecule has 0 saturated heterocycles. The standard InChI is InChI=1S/C21H15FN2O4S/c1-24(29(26,27)20-5-3-2-4-19(20)22)17-10-12-18(13-11-17)28-21(25)16-8-6-15(14-23)7-9-16/h2-13H,1H3. The number of hydrogen-bond donors (Lipinski definition) is 0. The van der Waals surface area contributed by atoms with Gasteiger partial charge in [-0.1, -0.05) is 12.1 Å². The predicted octanol–water partition coefficient (Wildman–Crippen LogP) is 3.74. The van der Waals surface area contributed by atoms with Gasteiger partial charge in [0.2, 0.25) is 0 Å². The summed E-state index contributed by atoms with van der Waals surface area (Å²) in [5.41, 5.74) is 0.962. The van der Waals surface area contributed by atoms with Gasteiger partial charge in [0.1, 0.15) is 16.5 Å². The molecule has 0 heterocycles. The fourth-order valence-electron chi connectivity index (χ4n) is 2.51. The van der Waals surface area contributed by atoms with Gasteiger partial charge in [0.15, 0.2) is 0 Å². The Labute approximate surface area is 167 Å². The zero-order valence-electron chi connectivity index (χ0n) is 15.2. The third-order valence-electron chi connectivity index (χ3n) is 4.14. The third kappa shape index (κ3) is 4.25. The van der Waals surface area contributed by atoms with Crippen LogP contribution in [0.2, 0.25) is 0 Å². The molecular formula is C21H15FN2O4S. The molecule has 0 saturated carbocycles. The summed E-state index contributed by atoms with van der Waals surface area (Å²) in [6, 6.07) is 18.8. The van der Waals surface area contributed by atoms with Gasteiger partial charge in [0, 0.05) is 7.05 Å². The molecule has 8 heteroatoms. The number of esters is 1. The lowest BCUT2D eigenvalue weighted by Crippen LogP contribution is -2.27. The minimum Gasteiger partial charge on any atom is -0.423 e. The first-order chi connectivity index (χ1) is 13.8. The van der Waals surface area contributed by atoms with Crippen LogP contribution in [0.3, 0.4) is 0 Å². The van der Waals surface area contributed by atoms with Crippen LogP contribution in [0.15, 0.2) is 77.7 Å². The highest BCUT2D eigenvalue weighted by atomic mass is 32.2. The highest BCUT2D eigenvalue weighted by Gasteiger charge is 2.24. The SMILES string of the molecule is CN(c1ccc(OC(=O)c2ccc(C#N)cc2)cc1)S(=O)(=O)c1ccccc1F. The molecule has 0 amide bonds. The Morgan fingerprint density at radius 1 is 1.00 bits per heavy atom. The average Bonchev–Trinajstić information content (AvgIpc) is 2.74. The molecule has 0 aliphatic rings. The van der Waals surface area contributed by atoms with Crippen molar-refractivity contribution in [1.82, 2.24) is 0 Å². The van der Waals surface area contributed by atoms with E-state index in [2.05, 4.69) is 0 Å². The van der Waals surface area contributed by atoms with Gasteiger partial charge in [0.25, 0.3) is 10.0 Å². The highest BCUT2D eigenvalue weighted by Crippen LogP contribution is 2.26. The van der Waals surface area contributed by atoms with Gasteiger partial charge >= 0.3 is 5.97 Å². The smallest absolute Gasteiger partial charge is 0.343 e. The Morgan fingerprint density at radius 2 is 1.62 bits per heavy atom. The van der Waals surface area contributed by atoms with E-state index in [1.807, 2.05) is 6.07 Å². The van der Waals surface area contributed by atoms with Crippen LogP contribution in [-0.4, -0.2) is 21.4 Å². The van der Waals surface area contributed by atoms with Crippen molar-refractivity contribution in [3.05, 3.63) is 89.7 Å². The summed E-state index contributed by atoms with van der Waals surface area (Å²) in [7, 11) is -2.78. The van der Waals surface area contributed by atoms with Gasteiger partial charge in [-0.3, -0.25) is 4.31 Å². The van der Waals surface area contributed by atoms with Crippen LogP contribution < -0.4 is 9.04 Å². The topological polar surface area (TPSA) is 87.5 Å². The molecule has 0 aromatic heterocycles.